The Balaban J connectivity index is 1.23. The molecule has 0 radical (unpaired) electrons. The number of carbonyl (C=O) groups is 2. The molecule has 0 unspecified atom stereocenters. The minimum atomic E-state index is -0.425. The zero-order valence-corrected chi connectivity index (χ0v) is 19.6. The molecule has 1 saturated heterocycles. The van der Waals surface area contributed by atoms with E-state index >= 15 is 0 Å². The van der Waals surface area contributed by atoms with Crippen molar-refractivity contribution in [2.75, 3.05) is 37.7 Å². The third-order valence-electron chi connectivity index (χ3n) is 5.65. The van der Waals surface area contributed by atoms with Crippen LogP contribution in [-0.2, 0) is 20.7 Å². The molecule has 1 aliphatic rings. The van der Waals surface area contributed by atoms with Crippen molar-refractivity contribution >= 4 is 40.8 Å². The first-order chi connectivity index (χ1) is 16.0. The molecule has 1 amide bonds. The van der Waals surface area contributed by atoms with Crippen molar-refractivity contribution in [1.82, 2.24) is 4.90 Å². The fourth-order valence-electron chi connectivity index (χ4n) is 3.84. The highest BCUT2D eigenvalue weighted by Crippen LogP contribution is 2.27. The average molecular weight is 483 g/mol. The van der Waals surface area contributed by atoms with Crippen LogP contribution < -0.4 is 4.90 Å². The lowest BCUT2D eigenvalue weighted by atomic mass is 10.0. The summed E-state index contributed by atoms with van der Waals surface area (Å²) < 4.78 is 5.24. The van der Waals surface area contributed by atoms with Gasteiger partial charge < -0.3 is 14.5 Å². The van der Waals surface area contributed by atoms with Gasteiger partial charge in [-0.3, -0.25) is 9.59 Å². The molecule has 0 atom stereocenters. The van der Waals surface area contributed by atoms with Crippen molar-refractivity contribution in [1.29, 1.82) is 0 Å². The summed E-state index contributed by atoms with van der Waals surface area (Å²) in [6.45, 7) is 2.32. The molecule has 0 bridgehead atoms. The Kier molecular flexibility index (Phi) is 7.53. The van der Waals surface area contributed by atoms with Crippen LogP contribution in [0, 0.1) is 0 Å². The van der Waals surface area contributed by atoms with E-state index in [2.05, 4.69) is 4.90 Å². The molecular formula is C26H24Cl2N2O3. The van der Waals surface area contributed by atoms with E-state index in [4.69, 9.17) is 27.9 Å². The minimum Gasteiger partial charge on any atom is -0.455 e. The van der Waals surface area contributed by atoms with E-state index < -0.39 is 5.97 Å². The Morgan fingerprint density at radius 2 is 1.58 bits per heavy atom. The lowest BCUT2D eigenvalue weighted by Gasteiger charge is -2.36. The van der Waals surface area contributed by atoms with Gasteiger partial charge >= 0.3 is 5.97 Å². The van der Waals surface area contributed by atoms with Gasteiger partial charge in [-0.15, -0.1) is 0 Å². The number of halogens is 2. The van der Waals surface area contributed by atoms with Gasteiger partial charge in [-0.2, -0.15) is 0 Å². The number of hydrogen-bond acceptors (Lipinski definition) is 4. The van der Waals surface area contributed by atoms with E-state index in [1.165, 1.54) is 0 Å². The molecule has 33 heavy (non-hydrogen) atoms. The first kappa shape index (κ1) is 23.1. The van der Waals surface area contributed by atoms with E-state index in [0.717, 1.165) is 22.4 Å². The third-order valence-corrected chi connectivity index (χ3v) is 6.21. The number of esters is 1. The summed E-state index contributed by atoms with van der Waals surface area (Å²) in [5.41, 5.74) is 3.78. The average Bonchev–Trinajstić information content (AvgIpc) is 2.83. The molecule has 7 heteroatoms. The van der Waals surface area contributed by atoms with Gasteiger partial charge in [0.1, 0.15) is 0 Å². The number of ether oxygens (including phenoxy) is 1. The Bertz CT molecular complexity index is 1130. The van der Waals surface area contributed by atoms with Gasteiger partial charge in [-0.1, -0.05) is 71.7 Å². The van der Waals surface area contributed by atoms with Crippen LogP contribution in [0.3, 0.4) is 0 Å². The maximum absolute atomic E-state index is 12.5. The van der Waals surface area contributed by atoms with Gasteiger partial charge in [-0.05, 0) is 35.4 Å². The van der Waals surface area contributed by atoms with Gasteiger partial charge in [0.25, 0.3) is 5.91 Å². The highest BCUT2D eigenvalue weighted by atomic mass is 35.5. The molecule has 0 N–H and O–H groups in total. The molecule has 3 aromatic rings. The van der Waals surface area contributed by atoms with Crippen molar-refractivity contribution in [3.63, 3.8) is 0 Å². The van der Waals surface area contributed by atoms with Gasteiger partial charge in [-0.25, -0.2) is 0 Å². The molecule has 0 aromatic heterocycles. The lowest BCUT2D eigenvalue weighted by Crippen LogP contribution is -2.50. The second kappa shape index (κ2) is 10.7. The van der Waals surface area contributed by atoms with E-state index in [1.807, 2.05) is 72.8 Å². The standard InChI is InChI=1S/C26H24Cl2N2O3/c27-21-4-3-5-22(17-21)29-12-14-30(15-13-29)25(31)18-33-26(32)16-19-8-10-20(11-9-19)23-6-1-2-7-24(23)28/h1-11,17H,12-16,18H2. The van der Waals surface area contributed by atoms with E-state index in [0.29, 0.717) is 36.2 Å². The van der Waals surface area contributed by atoms with Gasteiger partial charge in [0.05, 0.1) is 6.42 Å². The second-order valence-electron chi connectivity index (χ2n) is 7.86. The van der Waals surface area contributed by atoms with Crippen molar-refractivity contribution in [3.05, 3.63) is 88.4 Å². The van der Waals surface area contributed by atoms with Crippen molar-refractivity contribution in [3.8, 4) is 11.1 Å². The molecule has 0 saturated carbocycles. The Morgan fingerprint density at radius 1 is 0.848 bits per heavy atom. The van der Waals surface area contributed by atoms with Gasteiger partial charge in [0, 0.05) is 47.5 Å². The molecule has 0 aliphatic carbocycles. The van der Waals surface area contributed by atoms with Crippen molar-refractivity contribution in [2.24, 2.45) is 0 Å². The predicted molar refractivity (Wildman–Crippen MR) is 132 cm³/mol. The third kappa shape index (κ3) is 6.06. The summed E-state index contributed by atoms with van der Waals surface area (Å²) >= 11 is 12.3. The van der Waals surface area contributed by atoms with Crippen LogP contribution in [0.1, 0.15) is 5.56 Å². The van der Waals surface area contributed by atoms with E-state index in [9.17, 15) is 9.59 Å². The number of anilines is 1. The van der Waals surface area contributed by atoms with Crippen LogP contribution in [0.2, 0.25) is 10.0 Å². The van der Waals surface area contributed by atoms with Crippen LogP contribution in [0.4, 0.5) is 5.69 Å². The summed E-state index contributed by atoms with van der Waals surface area (Å²) in [7, 11) is 0. The van der Waals surface area contributed by atoms with Crippen molar-refractivity contribution in [2.45, 2.75) is 6.42 Å². The molecule has 1 fully saturated rings. The number of nitrogens with zero attached hydrogens (tertiary/aromatic N) is 2. The Labute approximate surface area is 203 Å². The minimum absolute atomic E-state index is 0.110. The van der Waals surface area contributed by atoms with Crippen LogP contribution in [0.25, 0.3) is 11.1 Å². The summed E-state index contributed by atoms with van der Waals surface area (Å²) in [6, 6.07) is 22.9. The molecule has 170 valence electrons. The monoisotopic (exact) mass is 482 g/mol. The van der Waals surface area contributed by atoms with E-state index in [1.54, 1.807) is 4.90 Å². The molecular weight excluding hydrogens is 459 g/mol. The zero-order valence-electron chi connectivity index (χ0n) is 18.0. The quantitative estimate of drug-likeness (QED) is 0.458. The maximum atomic E-state index is 12.5. The number of benzene rings is 3. The fourth-order valence-corrected chi connectivity index (χ4v) is 4.26. The second-order valence-corrected chi connectivity index (χ2v) is 8.71. The topological polar surface area (TPSA) is 49.9 Å². The molecule has 0 spiro atoms. The normalized spacial score (nSPS) is 13.6. The van der Waals surface area contributed by atoms with Crippen LogP contribution in [0.5, 0.6) is 0 Å². The van der Waals surface area contributed by atoms with Crippen LogP contribution in [0.15, 0.2) is 72.8 Å². The Morgan fingerprint density at radius 3 is 2.27 bits per heavy atom. The fraction of sp³-hybridized carbons (Fsp3) is 0.231. The number of hydrogen-bond donors (Lipinski definition) is 0. The lowest BCUT2D eigenvalue weighted by molar-refractivity contribution is -0.151. The van der Waals surface area contributed by atoms with Gasteiger partial charge in [0.2, 0.25) is 0 Å². The van der Waals surface area contributed by atoms with Crippen LogP contribution in [-0.4, -0.2) is 49.6 Å². The smallest absolute Gasteiger partial charge is 0.310 e. The molecule has 5 nitrogen and oxygen atoms in total. The van der Waals surface area contributed by atoms with E-state index in [-0.39, 0.29) is 18.9 Å². The summed E-state index contributed by atoms with van der Waals surface area (Å²) in [5, 5.41) is 1.37. The zero-order chi connectivity index (χ0) is 23.2. The van der Waals surface area contributed by atoms with Crippen molar-refractivity contribution < 1.29 is 14.3 Å². The molecule has 1 heterocycles. The highest BCUT2D eigenvalue weighted by Gasteiger charge is 2.22. The SMILES string of the molecule is O=C(Cc1ccc(-c2ccccc2Cl)cc1)OCC(=O)N1CCN(c2cccc(Cl)c2)CC1. The summed E-state index contributed by atoms with van der Waals surface area (Å²) in [5.74, 6) is -0.602. The first-order valence-corrected chi connectivity index (χ1v) is 11.5. The number of amides is 1. The first-order valence-electron chi connectivity index (χ1n) is 10.8. The maximum Gasteiger partial charge on any atom is 0.310 e. The number of rotatable bonds is 6. The molecule has 4 rings (SSSR count). The largest absolute Gasteiger partial charge is 0.455 e. The predicted octanol–water partition coefficient (Wildman–Crippen LogP) is 5.09. The number of piperazine rings is 1. The molecule has 1 aliphatic heterocycles. The highest BCUT2D eigenvalue weighted by molar-refractivity contribution is 6.33. The Hall–Kier alpha value is -3.02. The number of carbonyl (C=O) groups excluding carboxylic acids is 2. The van der Waals surface area contributed by atoms with Crippen LogP contribution >= 0.6 is 23.2 Å². The summed E-state index contributed by atoms with van der Waals surface area (Å²) in [4.78, 5) is 28.6. The summed E-state index contributed by atoms with van der Waals surface area (Å²) in [6.07, 6.45) is 0.110. The molecule has 3 aromatic carbocycles. The van der Waals surface area contributed by atoms with Gasteiger partial charge in [0.15, 0.2) is 6.61 Å².